The van der Waals surface area contributed by atoms with E-state index in [1.165, 1.54) is 0 Å². The topological polar surface area (TPSA) is 48.3 Å². The van der Waals surface area contributed by atoms with Crippen LogP contribution < -0.4 is 14.8 Å². The van der Waals surface area contributed by atoms with Crippen molar-refractivity contribution in [3.63, 3.8) is 0 Å². The summed E-state index contributed by atoms with van der Waals surface area (Å²) in [5, 5.41) is 3.90. The van der Waals surface area contributed by atoms with Gasteiger partial charge in [-0.1, -0.05) is 11.6 Å². The molecule has 0 aliphatic rings. The van der Waals surface area contributed by atoms with Crippen LogP contribution in [0.2, 0.25) is 5.02 Å². The van der Waals surface area contributed by atoms with E-state index in [0.29, 0.717) is 16.5 Å². The van der Waals surface area contributed by atoms with E-state index in [0.717, 1.165) is 11.5 Å². The fraction of sp³-hybridized carbons (Fsp3) is 0.357. The SMILES string of the molecule is COc1cc(Cl)c(NC(C)c2nccn2C)cc1OC. The van der Waals surface area contributed by atoms with Gasteiger partial charge in [-0.3, -0.25) is 0 Å². The molecule has 0 fully saturated rings. The molecule has 0 bridgehead atoms. The molecule has 2 rings (SSSR count). The molecule has 108 valence electrons. The second kappa shape index (κ2) is 6.05. The molecule has 1 unspecified atom stereocenters. The van der Waals surface area contributed by atoms with Gasteiger partial charge >= 0.3 is 0 Å². The molecule has 1 atom stereocenters. The number of benzene rings is 1. The molecule has 0 aliphatic heterocycles. The third-order valence-electron chi connectivity index (χ3n) is 3.09. The summed E-state index contributed by atoms with van der Waals surface area (Å²) in [7, 11) is 5.13. The first kappa shape index (κ1) is 14.5. The van der Waals surface area contributed by atoms with Crippen LogP contribution in [0, 0.1) is 0 Å². The minimum Gasteiger partial charge on any atom is -0.493 e. The minimum atomic E-state index is 0.0191. The second-order valence-corrected chi connectivity index (χ2v) is 4.86. The number of aryl methyl sites for hydroxylation is 1. The van der Waals surface area contributed by atoms with Gasteiger partial charge in [0, 0.05) is 31.6 Å². The number of nitrogens with one attached hydrogen (secondary N) is 1. The molecular formula is C14H18ClN3O2. The predicted molar refractivity (Wildman–Crippen MR) is 79.8 cm³/mol. The lowest BCUT2D eigenvalue weighted by Crippen LogP contribution is -2.12. The van der Waals surface area contributed by atoms with E-state index in [1.807, 2.05) is 30.8 Å². The summed E-state index contributed by atoms with van der Waals surface area (Å²) in [5.74, 6) is 2.16. The van der Waals surface area contributed by atoms with Crippen LogP contribution in [0.3, 0.4) is 0 Å². The summed E-state index contributed by atoms with van der Waals surface area (Å²) in [6.45, 7) is 2.02. The zero-order valence-corrected chi connectivity index (χ0v) is 12.7. The van der Waals surface area contributed by atoms with E-state index in [1.54, 1.807) is 26.5 Å². The highest BCUT2D eigenvalue weighted by molar-refractivity contribution is 6.33. The Balaban J connectivity index is 2.27. The van der Waals surface area contributed by atoms with Crippen LogP contribution in [-0.4, -0.2) is 23.8 Å². The summed E-state index contributed by atoms with van der Waals surface area (Å²) < 4.78 is 12.5. The number of hydrogen-bond acceptors (Lipinski definition) is 4. The average molecular weight is 296 g/mol. The van der Waals surface area contributed by atoms with E-state index in [2.05, 4.69) is 10.3 Å². The van der Waals surface area contributed by atoms with Gasteiger partial charge in [-0.2, -0.15) is 0 Å². The molecule has 0 aliphatic carbocycles. The van der Waals surface area contributed by atoms with Crippen molar-refractivity contribution in [3.8, 4) is 11.5 Å². The van der Waals surface area contributed by atoms with Gasteiger partial charge < -0.3 is 19.4 Å². The highest BCUT2D eigenvalue weighted by Gasteiger charge is 2.14. The molecule has 1 heterocycles. The van der Waals surface area contributed by atoms with Gasteiger partial charge in [-0.15, -0.1) is 0 Å². The van der Waals surface area contributed by atoms with Crippen LogP contribution in [0.15, 0.2) is 24.5 Å². The highest BCUT2D eigenvalue weighted by Crippen LogP contribution is 2.37. The fourth-order valence-electron chi connectivity index (χ4n) is 2.06. The molecule has 0 spiro atoms. The van der Waals surface area contributed by atoms with Gasteiger partial charge in [-0.25, -0.2) is 4.98 Å². The number of imidazole rings is 1. The standard InChI is InChI=1S/C14H18ClN3O2/c1-9(14-16-5-6-18(14)2)17-11-8-13(20-4)12(19-3)7-10(11)15/h5-9,17H,1-4H3. The molecule has 5 nitrogen and oxygen atoms in total. The number of methoxy groups -OCH3 is 2. The number of halogens is 1. The molecule has 0 saturated heterocycles. The van der Waals surface area contributed by atoms with Crippen LogP contribution in [-0.2, 0) is 7.05 Å². The molecule has 0 radical (unpaired) electrons. The lowest BCUT2D eigenvalue weighted by molar-refractivity contribution is 0.355. The smallest absolute Gasteiger partial charge is 0.162 e. The first-order valence-corrected chi connectivity index (χ1v) is 6.60. The van der Waals surface area contributed by atoms with Crippen molar-refractivity contribution in [1.82, 2.24) is 9.55 Å². The van der Waals surface area contributed by atoms with Gasteiger partial charge in [0.25, 0.3) is 0 Å². The quantitative estimate of drug-likeness (QED) is 0.920. The van der Waals surface area contributed by atoms with Crippen molar-refractivity contribution < 1.29 is 9.47 Å². The fourth-order valence-corrected chi connectivity index (χ4v) is 2.27. The first-order chi connectivity index (χ1) is 9.56. The Labute approximate surface area is 123 Å². The van der Waals surface area contributed by atoms with Crippen molar-refractivity contribution in [1.29, 1.82) is 0 Å². The zero-order chi connectivity index (χ0) is 14.7. The van der Waals surface area contributed by atoms with Crippen molar-refractivity contribution in [2.24, 2.45) is 7.05 Å². The highest BCUT2D eigenvalue weighted by atomic mass is 35.5. The third kappa shape index (κ3) is 2.82. The van der Waals surface area contributed by atoms with Crippen molar-refractivity contribution in [2.75, 3.05) is 19.5 Å². The Morgan fingerprint density at radius 1 is 1.25 bits per heavy atom. The second-order valence-electron chi connectivity index (χ2n) is 4.45. The molecule has 1 aromatic carbocycles. The van der Waals surface area contributed by atoms with Crippen LogP contribution in [0.25, 0.3) is 0 Å². The normalized spacial score (nSPS) is 12.1. The van der Waals surface area contributed by atoms with E-state index in [-0.39, 0.29) is 6.04 Å². The Kier molecular flexibility index (Phi) is 4.39. The van der Waals surface area contributed by atoms with Crippen LogP contribution >= 0.6 is 11.6 Å². The van der Waals surface area contributed by atoms with Crippen molar-refractivity contribution in [3.05, 3.63) is 35.4 Å². The number of nitrogens with zero attached hydrogens (tertiary/aromatic N) is 2. The van der Waals surface area contributed by atoms with Gasteiger partial charge in [0.1, 0.15) is 5.82 Å². The summed E-state index contributed by atoms with van der Waals surface area (Å²) in [5.41, 5.74) is 0.778. The monoisotopic (exact) mass is 295 g/mol. The van der Waals surface area contributed by atoms with Gasteiger partial charge in [-0.05, 0) is 6.92 Å². The lowest BCUT2D eigenvalue weighted by atomic mass is 10.2. The summed E-state index contributed by atoms with van der Waals surface area (Å²) >= 11 is 6.26. The molecule has 0 saturated carbocycles. The maximum Gasteiger partial charge on any atom is 0.162 e. The van der Waals surface area contributed by atoms with Crippen LogP contribution in [0.5, 0.6) is 11.5 Å². The minimum absolute atomic E-state index is 0.0191. The van der Waals surface area contributed by atoms with E-state index in [4.69, 9.17) is 21.1 Å². The molecule has 2 aromatic rings. The maximum absolute atomic E-state index is 6.26. The van der Waals surface area contributed by atoms with E-state index < -0.39 is 0 Å². The molecule has 20 heavy (non-hydrogen) atoms. The lowest BCUT2D eigenvalue weighted by Gasteiger charge is -2.18. The van der Waals surface area contributed by atoms with Gasteiger partial charge in [0.15, 0.2) is 11.5 Å². The number of anilines is 1. The number of hydrogen-bond donors (Lipinski definition) is 1. The molecule has 1 N–H and O–H groups in total. The predicted octanol–water partition coefficient (Wildman–Crippen LogP) is 3.26. The van der Waals surface area contributed by atoms with Gasteiger partial charge in [0.05, 0.1) is 31.0 Å². The number of aromatic nitrogens is 2. The molecular weight excluding hydrogens is 278 g/mol. The number of rotatable bonds is 5. The largest absolute Gasteiger partial charge is 0.493 e. The Bertz CT molecular complexity index is 598. The third-order valence-corrected chi connectivity index (χ3v) is 3.40. The summed E-state index contributed by atoms with van der Waals surface area (Å²) in [6.07, 6.45) is 3.67. The zero-order valence-electron chi connectivity index (χ0n) is 12.0. The average Bonchev–Trinajstić information content (AvgIpc) is 2.86. The summed E-state index contributed by atoms with van der Waals surface area (Å²) in [4.78, 5) is 4.32. The van der Waals surface area contributed by atoms with Crippen molar-refractivity contribution in [2.45, 2.75) is 13.0 Å². The summed E-state index contributed by atoms with van der Waals surface area (Å²) in [6, 6.07) is 3.57. The Hall–Kier alpha value is -1.88. The molecule has 0 amide bonds. The maximum atomic E-state index is 6.26. The Morgan fingerprint density at radius 3 is 2.45 bits per heavy atom. The van der Waals surface area contributed by atoms with Crippen molar-refractivity contribution >= 4 is 17.3 Å². The molecule has 1 aromatic heterocycles. The first-order valence-electron chi connectivity index (χ1n) is 6.22. The van der Waals surface area contributed by atoms with Crippen LogP contribution in [0.1, 0.15) is 18.8 Å². The van der Waals surface area contributed by atoms with E-state index in [9.17, 15) is 0 Å². The Morgan fingerprint density at radius 2 is 1.90 bits per heavy atom. The number of ether oxygens (including phenoxy) is 2. The van der Waals surface area contributed by atoms with E-state index >= 15 is 0 Å². The van der Waals surface area contributed by atoms with Gasteiger partial charge in [0.2, 0.25) is 0 Å². The van der Waals surface area contributed by atoms with Crippen LogP contribution in [0.4, 0.5) is 5.69 Å². The molecule has 6 heteroatoms.